The molecule has 0 aromatic carbocycles. The molecule has 6 atom stereocenters. The van der Waals surface area contributed by atoms with Crippen molar-refractivity contribution in [3.05, 3.63) is 11.6 Å². The molecule has 2 heteroatoms. The minimum Gasteiger partial charge on any atom is -0.327 e. The van der Waals surface area contributed by atoms with Crippen molar-refractivity contribution in [2.24, 2.45) is 35.3 Å². The highest BCUT2D eigenvalue weighted by Crippen LogP contribution is 2.58. The normalized spacial score (nSPS) is 49.2. The van der Waals surface area contributed by atoms with Gasteiger partial charge >= 0.3 is 0 Å². The van der Waals surface area contributed by atoms with Gasteiger partial charge in [0.1, 0.15) is 0 Å². The fourth-order valence-corrected chi connectivity index (χ4v) is 10.0. The van der Waals surface area contributed by atoms with E-state index >= 15 is 0 Å². The Balaban J connectivity index is 1.26. The molecule has 2 N–H and O–H groups in total. The molecule has 1 nitrogen and oxygen atoms in total. The van der Waals surface area contributed by atoms with Gasteiger partial charge in [0.05, 0.1) is 0 Å². The first-order valence-electron chi connectivity index (χ1n) is 11.9. The monoisotopic (exact) mass is 373 g/mol. The first-order chi connectivity index (χ1) is 12.8. The molecule has 0 bridgehead atoms. The van der Waals surface area contributed by atoms with E-state index in [4.69, 9.17) is 5.73 Å². The van der Waals surface area contributed by atoms with E-state index in [1.807, 2.05) is 5.57 Å². The van der Waals surface area contributed by atoms with Gasteiger partial charge in [0.25, 0.3) is 0 Å². The van der Waals surface area contributed by atoms with Crippen molar-refractivity contribution in [2.75, 3.05) is 0 Å². The maximum atomic E-state index is 6.81. The Hall–Kier alpha value is 0.0500. The Bertz CT molecular complexity index is 520. The summed E-state index contributed by atoms with van der Waals surface area (Å²) in [6.45, 7) is 0. The maximum absolute atomic E-state index is 6.81. The molecule has 0 radical (unpaired) electrons. The van der Waals surface area contributed by atoms with Crippen molar-refractivity contribution in [3.63, 3.8) is 0 Å². The van der Waals surface area contributed by atoms with Gasteiger partial charge in [-0.3, -0.25) is 0 Å². The molecule has 1 aliphatic heterocycles. The van der Waals surface area contributed by atoms with Gasteiger partial charge in [-0.1, -0.05) is 24.5 Å². The lowest BCUT2D eigenvalue weighted by atomic mass is 9.62. The van der Waals surface area contributed by atoms with Crippen molar-refractivity contribution in [1.29, 1.82) is 0 Å². The summed E-state index contributed by atoms with van der Waals surface area (Å²) < 4.78 is 0. The summed E-state index contributed by atoms with van der Waals surface area (Å²) in [6.07, 6.45) is 22.9. The second-order valence-electron chi connectivity index (χ2n) is 10.2. The van der Waals surface area contributed by atoms with E-state index in [2.05, 4.69) is 17.8 Å². The standard InChI is InChI=1S/C24H39NS/c25-21-15-14-20-19-8-4-5-9-22(19)26-24(20)23(21)18-12-10-17(11-13-18)16-6-2-1-3-7-16/h6,17-24H,1-5,7-15,25H2. The Morgan fingerprint density at radius 2 is 1.65 bits per heavy atom. The highest BCUT2D eigenvalue weighted by atomic mass is 32.2. The molecular weight excluding hydrogens is 334 g/mol. The zero-order valence-corrected chi connectivity index (χ0v) is 17.4. The molecule has 3 saturated carbocycles. The first kappa shape index (κ1) is 18.1. The SMILES string of the molecule is NC1CCC2C3CCCCC3SC2C1C1CCC(C2=CCCCC2)CC1. The van der Waals surface area contributed by atoms with Gasteiger partial charge in [-0.15, -0.1) is 0 Å². The zero-order valence-electron chi connectivity index (χ0n) is 16.6. The van der Waals surface area contributed by atoms with Gasteiger partial charge in [-0.2, -0.15) is 11.8 Å². The Kier molecular flexibility index (Phi) is 5.44. The summed E-state index contributed by atoms with van der Waals surface area (Å²) in [5.74, 6) is 4.78. The molecule has 1 saturated heterocycles. The van der Waals surface area contributed by atoms with Crippen LogP contribution in [0.3, 0.4) is 0 Å². The van der Waals surface area contributed by atoms with Crippen LogP contribution in [0.2, 0.25) is 0 Å². The fourth-order valence-electron chi connectivity index (χ4n) is 7.63. The summed E-state index contributed by atoms with van der Waals surface area (Å²) >= 11 is 2.42. The van der Waals surface area contributed by atoms with Crippen molar-refractivity contribution >= 4 is 11.8 Å². The van der Waals surface area contributed by atoms with E-state index in [9.17, 15) is 0 Å². The quantitative estimate of drug-likeness (QED) is 0.573. The molecule has 6 unspecified atom stereocenters. The van der Waals surface area contributed by atoms with Gasteiger partial charge < -0.3 is 5.73 Å². The lowest BCUT2D eigenvalue weighted by Gasteiger charge is -2.46. The van der Waals surface area contributed by atoms with Crippen LogP contribution in [0.4, 0.5) is 0 Å². The van der Waals surface area contributed by atoms with E-state index in [1.165, 1.54) is 89.9 Å². The smallest absolute Gasteiger partial charge is 0.0127 e. The van der Waals surface area contributed by atoms with E-state index < -0.39 is 0 Å². The summed E-state index contributed by atoms with van der Waals surface area (Å²) in [6, 6.07) is 0.499. The summed E-state index contributed by atoms with van der Waals surface area (Å²) in [7, 11) is 0. The third-order valence-electron chi connectivity index (χ3n) is 8.93. The zero-order chi connectivity index (χ0) is 17.5. The highest BCUT2D eigenvalue weighted by molar-refractivity contribution is 8.00. The third-order valence-corrected chi connectivity index (χ3v) is 10.8. The molecule has 5 aliphatic rings. The number of hydrogen-bond acceptors (Lipinski definition) is 2. The van der Waals surface area contributed by atoms with Gasteiger partial charge in [0.15, 0.2) is 0 Å². The van der Waals surface area contributed by atoms with Crippen molar-refractivity contribution in [2.45, 2.75) is 106 Å². The van der Waals surface area contributed by atoms with Crippen molar-refractivity contribution in [3.8, 4) is 0 Å². The molecule has 26 heavy (non-hydrogen) atoms. The van der Waals surface area contributed by atoms with Crippen LogP contribution in [0.1, 0.15) is 89.9 Å². The second kappa shape index (κ2) is 7.82. The van der Waals surface area contributed by atoms with Crippen LogP contribution in [0.25, 0.3) is 0 Å². The van der Waals surface area contributed by atoms with Gasteiger partial charge in [0, 0.05) is 16.5 Å². The Morgan fingerprint density at radius 3 is 2.46 bits per heavy atom. The molecule has 146 valence electrons. The van der Waals surface area contributed by atoms with Crippen LogP contribution in [0.5, 0.6) is 0 Å². The molecular formula is C24H39NS. The van der Waals surface area contributed by atoms with Crippen LogP contribution in [0, 0.1) is 29.6 Å². The molecule has 0 aromatic heterocycles. The molecule has 5 rings (SSSR count). The van der Waals surface area contributed by atoms with Crippen LogP contribution >= 0.6 is 11.8 Å². The Labute approximate surface area is 165 Å². The molecule has 1 heterocycles. The van der Waals surface area contributed by atoms with Crippen LogP contribution in [-0.4, -0.2) is 16.5 Å². The second-order valence-corrected chi connectivity index (χ2v) is 11.6. The first-order valence-corrected chi connectivity index (χ1v) is 12.9. The minimum absolute atomic E-state index is 0.499. The molecule has 0 spiro atoms. The van der Waals surface area contributed by atoms with Crippen LogP contribution < -0.4 is 5.73 Å². The van der Waals surface area contributed by atoms with E-state index in [-0.39, 0.29) is 0 Å². The minimum atomic E-state index is 0.499. The van der Waals surface area contributed by atoms with Crippen LogP contribution in [-0.2, 0) is 0 Å². The number of fused-ring (bicyclic) bond motifs is 3. The molecule has 4 aliphatic carbocycles. The largest absolute Gasteiger partial charge is 0.327 e. The number of allylic oxidation sites excluding steroid dienone is 2. The topological polar surface area (TPSA) is 26.0 Å². The predicted molar refractivity (Wildman–Crippen MR) is 113 cm³/mol. The predicted octanol–water partition coefficient (Wildman–Crippen LogP) is 6.32. The number of rotatable bonds is 2. The molecule has 0 aromatic rings. The fraction of sp³-hybridized carbons (Fsp3) is 0.917. The van der Waals surface area contributed by atoms with Crippen LogP contribution in [0.15, 0.2) is 11.6 Å². The lowest BCUT2D eigenvalue weighted by Crippen LogP contribution is -2.48. The summed E-state index contributed by atoms with van der Waals surface area (Å²) in [5, 5.41) is 1.91. The number of hydrogen-bond donors (Lipinski definition) is 1. The number of nitrogens with two attached hydrogens (primary N) is 1. The van der Waals surface area contributed by atoms with E-state index in [0.717, 1.165) is 40.1 Å². The van der Waals surface area contributed by atoms with Gasteiger partial charge in [0.2, 0.25) is 0 Å². The summed E-state index contributed by atoms with van der Waals surface area (Å²) in [4.78, 5) is 0. The maximum Gasteiger partial charge on any atom is 0.0127 e. The van der Waals surface area contributed by atoms with Crippen molar-refractivity contribution in [1.82, 2.24) is 0 Å². The molecule has 4 fully saturated rings. The van der Waals surface area contributed by atoms with Gasteiger partial charge in [-0.25, -0.2) is 0 Å². The molecule has 0 amide bonds. The van der Waals surface area contributed by atoms with E-state index in [0.29, 0.717) is 6.04 Å². The van der Waals surface area contributed by atoms with Crippen molar-refractivity contribution < 1.29 is 0 Å². The van der Waals surface area contributed by atoms with Gasteiger partial charge in [-0.05, 0) is 107 Å². The average Bonchev–Trinajstić information content (AvgIpc) is 3.07. The number of thioether (sulfide) groups is 1. The Morgan fingerprint density at radius 1 is 0.808 bits per heavy atom. The average molecular weight is 374 g/mol. The third kappa shape index (κ3) is 3.32. The summed E-state index contributed by atoms with van der Waals surface area (Å²) in [5.41, 5.74) is 8.64. The lowest BCUT2D eigenvalue weighted by molar-refractivity contribution is 0.110. The highest BCUT2D eigenvalue weighted by Gasteiger charge is 2.52. The van der Waals surface area contributed by atoms with E-state index in [1.54, 1.807) is 0 Å².